The molecule has 1 aliphatic heterocycles. The Morgan fingerprint density at radius 3 is 2.44 bits per heavy atom. The van der Waals surface area contributed by atoms with Crippen LogP contribution in [0.3, 0.4) is 0 Å². The fourth-order valence-corrected chi connectivity index (χ4v) is 4.72. The van der Waals surface area contributed by atoms with Gasteiger partial charge >= 0.3 is 6.36 Å². The predicted octanol–water partition coefficient (Wildman–Crippen LogP) is 4.41. The molecule has 4 rings (SSSR count). The monoisotopic (exact) mass is 487 g/mol. The maximum atomic E-state index is 12.2. The topological polar surface area (TPSA) is 58.1 Å². The van der Waals surface area contributed by atoms with Crippen molar-refractivity contribution in [1.82, 2.24) is 9.88 Å². The fraction of sp³-hybridized carbons (Fsp3) is 0.381. The molecule has 0 saturated carbocycles. The van der Waals surface area contributed by atoms with Crippen LogP contribution < -0.4 is 14.4 Å². The number of halogens is 4. The summed E-state index contributed by atoms with van der Waals surface area (Å²) in [5, 5.41) is 12.0. The van der Waals surface area contributed by atoms with E-state index < -0.39 is 12.5 Å². The molecule has 2 aromatic carbocycles. The molecule has 3 aromatic rings. The highest BCUT2D eigenvalue weighted by Crippen LogP contribution is 2.31. The Hall–Kier alpha value is -2.27. The van der Waals surface area contributed by atoms with Gasteiger partial charge in [-0.15, -0.1) is 13.2 Å². The average molecular weight is 488 g/mol. The third kappa shape index (κ3) is 6.16. The van der Waals surface area contributed by atoms with Crippen LogP contribution in [0, 0.1) is 0 Å². The number of aliphatic hydroxyl groups is 1. The summed E-state index contributed by atoms with van der Waals surface area (Å²) in [6, 6.07) is 10.8. The number of aliphatic hydroxyl groups excluding tert-OH is 1. The van der Waals surface area contributed by atoms with Gasteiger partial charge in [-0.3, -0.25) is 4.90 Å². The molecule has 6 nitrogen and oxygen atoms in total. The number of benzene rings is 2. The van der Waals surface area contributed by atoms with Crippen LogP contribution in [0.4, 0.5) is 18.3 Å². The van der Waals surface area contributed by atoms with Crippen LogP contribution in [-0.2, 0) is 0 Å². The molecular formula is C21H21ClF3N3O3S. The zero-order valence-electron chi connectivity index (χ0n) is 16.9. The number of piperazine rings is 1. The van der Waals surface area contributed by atoms with E-state index in [9.17, 15) is 18.3 Å². The van der Waals surface area contributed by atoms with E-state index in [1.54, 1.807) is 11.3 Å². The molecule has 1 N–H and O–H groups in total. The fourth-order valence-electron chi connectivity index (χ4n) is 3.42. The lowest BCUT2D eigenvalue weighted by atomic mass is 10.2. The second-order valence-electron chi connectivity index (χ2n) is 7.38. The summed E-state index contributed by atoms with van der Waals surface area (Å²) in [4.78, 5) is 9.05. The van der Waals surface area contributed by atoms with E-state index in [1.807, 2.05) is 18.2 Å². The molecular weight excluding hydrogens is 467 g/mol. The van der Waals surface area contributed by atoms with Crippen molar-refractivity contribution in [2.45, 2.75) is 12.5 Å². The number of fused-ring (bicyclic) bond motifs is 1. The van der Waals surface area contributed by atoms with Gasteiger partial charge in [-0.2, -0.15) is 0 Å². The maximum Gasteiger partial charge on any atom is 0.573 e. The molecule has 1 saturated heterocycles. The SMILES string of the molecule is O[C@H](COc1ccc(OC(F)(F)F)cc1)CN1CCN(c2nc3ccc(Cl)cc3s2)CC1. The first-order valence-electron chi connectivity index (χ1n) is 9.95. The minimum absolute atomic E-state index is 0.0400. The Kier molecular flexibility index (Phi) is 6.94. The van der Waals surface area contributed by atoms with Gasteiger partial charge in [0.05, 0.1) is 10.2 Å². The molecule has 0 spiro atoms. The first-order chi connectivity index (χ1) is 15.2. The molecule has 1 aromatic heterocycles. The number of β-amino-alcohol motifs (C(OH)–C–C–N with tert-alkyl or cyclic N) is 1. The zero-order chi connectivity index (χ0) is 22.7. The quantitative estimate of drug-likeness (QED) is 0.533. The van der Waals surface area contributed by atoms with E-state index in [4.69, 9.17) is 16.3 Å². The van der Waals surface area contributed by atoms with Gasteiger partial charge in [0, 0.05) is 37.7 Å². The van der Waals surface area contributed by atoms with E-state index in [0.717, 1.165) is 41.5 Å². The summed E-state index contributed by atoms with van der Waals surface area (Å²) < 4.78 is 47.0. The Bertz CT molecular complexity index is 1040. The molecule has 0 bridgehead atoms. The molecule has 0 radical (unpaired) electrons. The largest absolute Gasteiger partial charge is 0.573 e. The van der Waals surface area contributed by atoms with Crippen LogP contribution in [0.2, 0.25) is 5.02 Å². The Morgan fingerprint density at radius 1 is 1.06 bits per heavy atom. The highest BCUT2D eigenvalue weighted by molar-refractivity contribution is 7.22. The Balaban J connectivity index is 1.21. The van der Waals surface area contributed by atoms with Gasteiger partial charge in [-0.1, -0.05) is 22.9 Å². The third-order valence-electron chi connectivity index (χ3n) is 4.95. The summed E-state index contributed by atoms with van der Waals surface area (Å²) in [6.07, 6.45) is -5.46. The molecule has 1 aliphatic rings. The number of anilines is 1. The van der Waals surface area contributed by atoms with Gasteiger partial charge in [0.25, 0.3) is 0 Å². The average Bonchev–Trinajstić information content (AvgIpc) is 3.16. The lowest BCUT2D eigenvalue weighted by Gasteiger charge is -2.35. The van der Waals surface area contributed by atoms with E-state index in [2.05, 4.69) is 19.5 Å². The number of nitrogens with zero attached hydrogens (tertiary/aromatic N) is 3. The van der Waals surface area contributed by atoms with Crippen molar-refractivity contribution < 1.29 is 27.8 Å². The lowest BCUT2D eigenvalue weighted by Crippen LogP contribution is -2.49. The zero-order valence-corrected chi connectivity index (χ0v) is 18.5. The van der Waals surface area contributed by atoms with Crippen LogP contribution in [0.15, 0.2) is 42.5 Å². The van der Waals surface area contributed by atoms with Crippen molar-refractivity contribution in [2.75, 3.05) is 44.2 Å². The van der Waals surface area contributed by atoms with Crippen molar-refractivity contribution in [3.63, 3.8) is 0 Å². The normalized spacial score (nSPS) is 16.3. The van der Waals surface area contributed by atoms with Crippen LogP contribution in [-0.4, -0.2) is 66.8 Å². The van der Waals surface area contributed by atoms with Gasteiger partial charge in [-0.25, -0.2) is 4.98 Å². The Morgan fingerprint density at radius 2 is 1.75 bits per heavy atom. The molecule has 0 amide bonds. The van der Waals surface area contributed by atoms with E-state index in [-0.39, 0.29) is 12.4 Å². The number of hydrogen-bond donors (Lipinski definition) is 1. The van der Waals surface area contributed by atoms with Gasteiger partial charge in [0.1, 0.15) is 24.2 Å². The third-order valence-corrected chi connectivity index (χ3v) is 6.26. The Labute approximate surface area is 191 Å². The molecule has 32 heavy (non-hydrogen) atoms. The number of hydrogen-bond acceptors (Lipinski definition) is 7. The second kappa shape index (κ2) is 9.70. The molecule has 1 atom stereocenters. The van der Waals surface area contributed by atoms with Crippen molar-refractivity contribution in [3.8, 4) is 11.5 Å². The maximum absolute atomic E-state index is 12.2. The van der Waals surface area contributed by atoms with Gasteiger partial charge < -0.3 is 19.5 Å². The standard InChI is InChI=1S/C21H21ClF3N3O3S/c22-14-1-6-18-19(11-14)32-20(26-18)28-9-7-27(8-10-28)12-15(29)13-30-16-2-4-17(5-3-16)31-21(23,24)25/h1-6,11,15,29H,7-10,12-13H2/t15-/m0/s1. The first kappa shape index (κ1) is 22.9. The molecule has 11 heteroatoms. The molecule has 1 fully saturated rings. The van der Waals surface area contributed by atoms with Gasteiger partial charge in [0.2, 0.25) is 0 Å². The predicted molar refractivity (Wildman–Crippen MR) is 118 cm³/mol. The summed E-state index contributed by atoms with van der Waals surface area (Å²) in [6.45, 7) is 3.62. The minimum atomic E-state index is -4.73. The number of alkyl halides is 3. The van der Waals surface area contributed by atoms with E-state index in [1.165, 1.54) is 24.3 Å². The summed E-state index contributed by atoms with van der Waals surface area (Å²) in [5.74, 6) is 0.0406. The van der Waals surface area contributed by atoms with Crippen LogP contribution in [0.25, 0.3) is 10.2 Å². The molecule has 0 aliphatic carbocycles. The molecule has 2 heterocycles. The van der Waals surface area contributed by atoms with E-state index >= 15 is 0 Å². The van der Waals surface area contributed by atoms with Gasteiger partial charge in [0.15, 0.2) is 5.13 Å². The van der Waals surface area contributed by atoms with Crippen molar-refractivity contribution in [1.29, 1.82) is 0 Å². The number of ether oxygens (including phenoxy) is 2. The highest BCUT2D eigenvalue weighted by atomic mass is 35.5. The van der Waals surface area contributed by atoms with Gasteiger partial charge in [-0.05, 0) is 42.5 Å². The highest BCUT2D eigenvalue weighted by Gasteiger charge is 2.31. The first-order valence-corrected chi connectivity index (χ1v) is 11.1. The van der Waals surface area contributed by atoms with Crippen molar-refractivity contribution >= 4 is 38.3 Å². The van der Waals surface area contributed by atoms with Crippen molar-refractivity contribution in [2.24, 2.45) is 0 Å². The van der Waals surface area contributed by atoms with E-state index in [0.29, 0.717) is 17.3 Å². The molecule has 0 unspecified atom stereocenters. The second-order valence-corrected chi connectivity index (χ2v) is 8.83. The lowest BCUT2D eigenvalue weighted by molar-refractivity contribution is -0.274. The van der Waals surface area contributed by atoms with Crippen LogP contribution in [0.5, 0.6) is 11.5 Å². The number of rotatable bonds is 7. The summed E-state index contributed by atoms with van der Waals surface area (Å²) in [7, 11) is 0. The minimum Gasteiger partial charge on any atom is -0.491 e. The summed E-state index contributed by atoms with van der Waals surface area (Å²) >= 11 is 7.67. The van der Waals surface area contributed by atoms with Crippen molar-refractivity contribution in [3.05, 3.63) is 47.5 Å². The molecule has 172 valence electrons. The number of thiazole rings is 1. The summed E-state index contributed by atoms with van der Waals surface area (Å²) in [5.41, 5.74) is 0.933. The van der Waals surface area contributed by atoms with Crippen LogP contribution in [0.1, 0.15) is 0 Å². The van der Waals surface area contributed by atoms with Crippen LogP contribution >= 0.6 is 22.9 Å². The number of aromatic nitrogens is 1. The smallest absolute Gasteiger partial charge is 0.491 e.